The molecule has 1 unspecified atom stereocenters. The van der Waals surface area contributed by atoms with Crippen molar-refractivity contribution in [3.63, 3.8) is 0 Å². The number of hydrogen-bond acceptors (Lipinski definition) is 5. The van der Waals surface area contributed by atoms with Crippen LogP contribution in [0.1, 0.15) is 73.1 Å². The van der Waals surface area contributed by atoms with E-state index in [1.807, 2.05) is 24.3 Å². The summed E-state index contributed by atoms with van der Waals surface area (Å²) in [4.78, 5) is 0. The van der Waals surface area contributed by atoms with Crippen molar-refractivity contribution in [2.45, 2.75) is 98.6 Å². The van der Waals surface area contributed by atoms with E-state index in [0.29, 0.717) is 19.2 Å². The molecule has 34 heavy (non-hydrogen) atoms. The van der Waals surface area contributed by atoms with Crippen molar-refractivity contribution in [2.24, 2.45) is 0 Å². The van der Waals surface area contributed by atoms with E-state index in [2.05, 4.69) is 50.1 Å². The molecule has 2 N–H and O–H groups in total. The zero-order chi connectivity index (χ0) is 25.1. The third-order valence-corrected chi connectivity index (χ3v) is 20.4. The number of aliphatic hydroxyl groups is 1. The van der Waals surface area contributed by atoms with Crippen molar-refractivity contribution in [3.05, 3.63) is 34.4 Å². The molecule has 0 spiro atoms. The van der Waals surface area contributed by atoms with Crippen LogP contribution >= 0.6 is 0 Å². The summed E-state index contributed by atoms with van der Waals surface area (Å²) in [6.45, 7) is 12.7. The van der Waals surface area contributed by atoms with Gasteiger partial charge in [-0.1, -0.05) is 13.8 Å². The average molecular weight is 584 g/mol. The molecule has 0 fully saturated rings. The SMILES string of the molecule is CCC[CH2][Sn]([CH]=CCOCOc1ccc(OCC(O)CNC(C)C)cc1)([CH2]CCC)[CH2]CCC. The summed E-state index contributed by atoms with van der Waals surface area (Å²) in [6, 6.07) is 7.80. The molecule has 0 amide bonds. The molecule has 1 aromatic rings. The molecule has 0 aliphatic heterocycles. The zero-order valence-electron chi connectivity index (χ0n) is 22.5. The van der Waals surface area contributed by atoms with Gasteiger partial charge in [0.25, 0.3) is 0 Å². The summed E-state index contributed by atoms with van der Waals surface area (Å²) in [5, 5.41) is 13.1. The van der Waals surface area contributed by atoms with Crippen molar-refractivity contribution in [1.82, 2.24) is 5.32 Å². The van der Waals surface area contributed by atoms with Crippen molar-refractivity contribution in [2.75, 3.05) is 26.6 Å². The van der Waals surface area contributed by atoms with Gasteiger partial charge in [0.2, 0.25) is 0 Å². The molecule has 0 radical (unpaired) electrons. The van der Waals surface area contributed by atoms with Gasteiger partial charge in [-0.05, 0) is 0 Å². The van der Waals surface area contributed by atoms with E-state index in [4.69, 9.17) is 14.2 Å². The Morgan fingerprint density at radius 2 is 1.41 bits per heavy atom. The molecule has 0 aliphatic carbocycles. The average Bonchev–Trinajstić information content (AvgIpc) is 2.84. The van der Waals surface area contributed by atoms with E-state index in [0.717, 1.165) is 11.5 Å². The van der Waals surface area contributed by atoms with Gasteiger partial charge in [-0.15, -0.1) is 0 Å². The first-order valence-corrected chi connectivity index (χ1v) is 21.2. The van der Waals surface area contributed by atoms with Gasteiger partial charge in [-0.3, -0.25) is 0 Å². The van der Waals surface area contributed by atoms with Crippen LogP contribution in [-0.4, -0.2) is 62.2 Å². The molecule has 196 valence electrons. The summed E-state index contributed by atoms with van der Waals surface area (Å²) >= 11 is -2.21. The van der Waals surface area contributed by atoms with Crippen molar-refractivity contribution >= 4 is 18.4 Å². The number of rotatable bonds is 21. The Morgan fingerprint density at radius 3 is 1.91 bits per heavy atom. The first-order chi connectivity index (χ1) is 16.4. The number of nitrogens with one attached hydrogen (secondary N) is 1. The van der Waals surface area contributed by atoms with Crippen LogP contribution in [0.25, 0.3) is 0 Å². The second-order valence-electron chi connectivity index (χ2n) is 9.71. The first kappa shape index (κ1) is 31.3. The fraction of sp³-hybridized carbons (Fsp3) is 0.714. The summed E-state index contributed by atoms with van der Waals surface area (Å²) in [7, 11) is 0. The second kappa shape index (κ2) is 19.4. The summed E-state index contributed by atoms with van der Waals surface area (Å²) < 4.78 is 24.2. The molecule has 0 saturated carbocycles. The van der Waals surface area contributed by atoms with Crippen molar-refractivity contribution in [1.29, 1.82) is 0 Å². The molecule has 1 rings (SSSR count). The summed E-state index contributed by atoms with van der Waals surface area (Å²) in [5.41, 5.74) is 0. The van der Waals surface area contributed by atoms with Crippen LogP contribution in [0.2, 0.25) is 13.3 Å². The molecular formula is C28H51NO4Sn. The van der Waals surface area contributed by atoms with Gasteiger partial charge in [0.1, 0.15) is 6.10 Å². The maximum atomic E-state index is 9.95. The van der Waals surface area contributed by atoms with E-state index < -0.39 is 24.5 Å². The number of ether oxygens (including phenoxy) is 3. The van der Waals surface area contributed by atoms with E-state index in [-0.39, 0.29) is 13.4 Å². The van der Waals surface area contributed by atoms with E-state index in [1.54, 1.807) is 0 Å². The Hall–Kier alpha value is -0.761. The van der Waals surface area contributed by atoms with Crippen LogP contribution in [0.3, 0.4) is 0 Å². The van der Waals surface area contributed by atoms with Gasteiger partial charge in [0.05, 0.1) is 0 Å². The molecular weight excluding hydrogens is 533 g/mol. The van der Waals surface area contributed by atoms with Crippen LogP contribution in [0.15, 0.2) is 34.4 Å². The normalized spacial score (nSPS) is 13.0. The Kier molecular flexibility index (Phi) is 17.9. The van der Waals surface area contributed by atoms with E-state index in [9.17, 15) is 5.11 Å². The third kappa shape index (κ3) is 14.6. The first-order valence-electron chi connectivity index (χ1n) is 13.5. The van der Waals surface area contributed by atoms with Crippen molar-refractivity contribution < 1.29 is 19.3 Å². The van der Waals surface area contributed by atoms with Gasteiger partial charge < -0.3 is 10.4 Å². The standard InChI is InChI=1S/C16H24NO4.3C4H9.Sn/c1-4-9-19-12-21-16-7-5-15(6-8-16)20-11-14(18)10-17-13(2)3;3*1-3-4-2;/h1,4-8,13-14,17-18H,9-12H2,2-3H3;3*1,3-4H2,2H3;. The van der Waals surface area contributed by atoms with Gasteiger partial charge in [-0.25, -0.2) is 0 Å². The Bertz CT molecular complexity index is 614. The molecule has 0 aliphatic rings. The van der Waals surface area contributed by atoms with Crippen LogP contribution in [0.4, 0.5) is 0 Å². The molecule has 0 saturated heterocycles. The summed E-state index contributed by atoms with van der Waals surface area (Å²) in [5.74, 6) is 1.47. The molecule has 1 atom stereocenters. The Morgan fingerprint density at radius 1 is 0.882 bits per heavy atom. The van der Waals surface area contributed by atoms with E-state index in [1.165, 1.54) is 51.8 Å². The minimum atomic E-state index is -2.21. The zero-order valence-corrected chi connectivity index (χ0v) is 25.3. The van der Waals surface area contributed by atoms with Gasteiger partial charge in [0, 0.05) is 12.6 Å². The molecule has 0 heterocycles. The van der Waals surface area contributed by atoms with Crippen LogP contribution in [0.5, 0.6) is 11.5 Å². The predicted molar refractivity (Wildman–Crippen MR) is 147 cm³/mol. The molecule has 1 aromatic carbocycles. The van der Waals surface area contributed by atoms with Crippen molar-refractivity contribution in [3.8, 4) is 11.5 Å². The minimum absolute atomic E-state index is 0.242. The topological polar surface area (TPSA) is 60.0 Å². The van der Waals surface area contributed by atoms with Crippen LogP contribution in [-0.2, 0) is 4.74 Å². The van der Waals surface area contributed by atoms with E-state index >= 15 is 0 Å². The third-order valence-electron chi connectivity index (χ3n) is 6.11. The second-order valence-corrected chi connectivity index (χ2v) is 22.7. The van der Waals surface area contributed by atoms with Crippen LogP contribution < -0.4 is 14.8 Å². The monoisotopic (exact) mass is 585 g/mol. The van der Waals surface area contributed by atoms with Gasteiger partial charge in [-0.2, -0.15) is 0 Å². The molecule has 0 bridgehead atoms. The summed E-state index contributed by atoms with van der Waals surface area (Å²) in [6.07, 6.45) is 9.80. The number of benzene rings is 1. The van der Waals surface area contributed by atoms with Gasteiger partial charge >= 0.3 is 171 Å². The fourth-order valence-corrected chi connectivity index (χ4v) is 18.3. The number of unbranched alkanes of at least 4 members (excludes halogenated alkanes) is 3. The predicted octanol–water partition coefficient (Wildman–Crippen LogP) is 6.72. The molecule has 5 nitrogen and oxygen atoms in total. The van der Waals surface area contributed by atoms with Gasteiger partial charge in [0.15, 0.2) is 0 Å². The number of hydrogen-bond donors (Lipinski definition) is 2. The van der Waals surface area contributed by atoms with Crippen LogP contribution in [0, 0.1) is 0 Å². The quantitative estimate of drug-likeness (QED) is 0.0955. The Labute approximate surface area is 213 Å². The molecule has 6 heteroatoms. The fourth-order valence-electron chi connectivity index (χ4n) is 3.99. The number of aliphatic hydroxyl groups excluding tert-OH is 1. The molecule has 0 aromatic heterocycles. The maximum absolute atomic E-state index is 9.95. The Balaban J connectivity index is 2.41.